The fourth-order valence-electron chi connectivity index (χ4n) is 1.47. The number of hydrogen-bond donors (Lipinski definition) is 2. The van der Waals surface area contributed by atoms with Gasteiger partial charge in [-0.25, -0.2) is 0 Å². The molecular weight excluding hydrogens is 262 g/mol. The average molecular weight is 281 g/mol. The van der Waals surface area contributed by atoms with Crippen molar-refractivity contribution < 1.29 is 14.7 Å². The number of carbonyl (C=O) groups is 2. The van der Waals surface area contributed by atoms with Gasteiger partial charge in [0.15, 0.2) is 0 Å². The maximum absolute atomic E-state index is 11.9. The van der Waals surface area contributed by atoms with Crippen LogP contribution in [0.2, 0.25) is 0 Å². The SMILES string of the molecule is CCc1ccc(NC(=O)C(C)SCCC(=O)O)cc1. The Morgan fingerprint density at radius 3 is 2.47 bits per heavy atom. The van der Waals surface area contributed by atoms with Crippen LogP contribution in [0.25, 0.3) is 0 Å². The Kier molecular flexibility index (Phi) is 6.42. The molecule has 0 fully saturated rings. The predicted molar refractivity (Wildman–Crippen MR) is 78.6 cm³/mol. The molecule has 0 aliphatic carbocycles. The Morgan fingerprint density at radius 1 is 1.32 bits per heavy atom. The number of aryl methyl sites for hydroxylation is 1. The summed E-state index contributed by atoms with van der Waals surface area (Å²) in [7, 11) is 0. The predicted octanol–water partition coefficient (Wildman–Crippen LogP) is 2.78. The molecule has 1 aromatic carbocycles. The summed E-state index contributed by atoms with van der Waals surface area (Å²) in [6, 6.07) is 7.73. The number of anilines is 1. The quantitative estimate of drug-likeness (QED) is 0.806. The first-order valence-corrected chi connectivity index (χ1v) is 7.31. The zero-order chi connectivity index (χ0) is 14.3. The third kappa shape index (κ3) is 5.79. The van der Waals surface area contributed by atoms with Crippen molar-refractivity contribution in [2.75, 3.05) is 11.1 Å². The van der Waals surface area contributed by atoms with Gasteiger partial charge in [-0.3, -0.25) is 9.59 Å². The molecule has 0 saturated heterocycles. The van der Waals surface area contributed by atoms with Crippen LogP contribution in [-0.4, -0.2) is 28.0 Å². The zero-order valence-corrected chi connectivity index (χ0v) is 12.0. The van der Waals surface area contributed by atoms with E-state index in [9.17, 15) is 9.59 Å². The van der Waals surface area contributed by atoms with Crippen molar-refractivity contribution in [3.8, 4) is 0 Å². The largest absolute Gasteiger partial charge is 0.481 e. The monoisotopic (exact) mass is 281 g/mol. The summed E-state index contributed by atoms with van der Waals surface area (Å²) in [6.07, 6.45) is 1.04. The van der Waals surface area contributed by atoms with Crippen LogP contribution in [0, 0.1) is 0 Å². The van der Waals surface area contributed by atoms with Crippen LogP contribution in [0.4, 0.5) is 5.69 Å². The molecule has 1 atom stereocenters. The molecule has 2 N–H and O–H groups in total. The highest BCUT2D eigenvalue weighted by Crippen LogP contribution is 2.15. The summed E-state index contributed by atoms with van der Waals surface area (Å²) >= 11 is 1.35. The Morgan fingerprint density at radius 2 is 1.95 bits per heavy atom. The first kappa shape index (κ1) is 15.6. The summed E-state index contributed by atoms with van der Waals surface area (Å²) in [5.41, 5.74) is 2.00. The Bertz CT molecular complexity index is 431. The maximum atomic E-state index is 11.9. The van der Waals surface area contributed by atoms with Crippen LogP contribution < -0.4 is 5.32 Å². The highest BCUT2D eigenvalue weighted by molar-refractivity contribution is 8.00. The van der Waals surface area contributed by atoms with Crippen LogP contribution in [0.1, 0.15) is 25.8 Å². The number of thioether (sulfide) groups is 1. The molecule has 0 aromatic heterocycles. The summed E-state index contributed by atoms with van der Waals surface area (Å²) in [5, 5.41) is 11.1. The molecule has 1 unspecified atom stereocenters. The van der Waals surface area contributed by atoms with E-state index in [0.717, 1.165) is 12.1 Å². The number of benzene rings is 1. The highest BCUT2D eigenvalue weighted by atomic mass is 32.2. The smallest absolute Gasteiger partial charge is 0.304 e. The van der Waals surface area contributed by atoms with Crippen molar-refractivity contribution in [2.24, 2.45) is 0 Å². The number of carbonyl (C=O) groups excluding carboxylic acids is 1. The molecular formula is C14H19NO3S. The Labute approximate surface area is 117 Å². The van der Waals surface area contributed by atoms with Gasteiger partial charge < -0.3 is 10.4 Å². The van der Waals surface area contributed by atoms with E-state index in [2.05, 4.69) is 12.2 Å². The molecule has 1 rings (SSSR count). The lowest BCUT2D eigenvalue weighted by Gasteiger charge is -2.11. The highest BCUT2D eigenvalue weighted by Gasteiger charge is 2.13. The number of amides is 1. The van der Waals surface area contributed by atoms with E-state index in [0.29, 0.717) is 5.75 Å². The van der Waals surface area contributed by atoms with Gasteiger partial charge in [0.1, 0.15) is 0 Å². The van der Waals surface area contributed by atoms with Gasteiger partial charge >= 0.3 is 5.97 Å². The minimum atomic E-state index is -0.838. The van der Waals surface area contributed by atoms with Gasteiger partial charge in [0, 0.05) is 11.4 Å². The van der Waals surface area contributed by atoms with Gasteiger partial charge in [-0.1, -0.05) is 19.1 Å². The molecule has 0 aliphatic rings. The van der Waals surface area contributed by atoms with E-state index in [1.54, 1.807) is 6.92 Å². The molecule has 4 nitrogen and oxygen atoms in total. The van der Waals surface area contributed by atoms with Crippen molar-refractivity contribution in [2.45, 2.75) is 31.9 Å². The van der Waals surface area contributed by atoms with Gasteiger partial charge in [0.05, 0.1) is 11.7 Å². The normalized spacial score (nSPS) is 11.9. The van der Waals surface area contributed by atoms with Gasteiger partial charge in [-0.2, -0.15) is 0 Å². The van der Waals surface area contributed by atoms with E-state index in [1.807, 2.05) is 24.3 Å². The van der Waals surface area contributed by atoms with Crippen molar-refractivity contribution in [3.05, 3.63) is 29.8 Å². The van der Waals surface area contributed by atoms with Gasteiger partial charge in [0.2, 0.25) is 5.91 Å². The fourth-order valence-corrected chi connectivity index (χ4v) is 2.32. The molecule has 0 radical (unpaired) electrons. The summed E-state index contributed by atoms with van der Waals surface area (Å²) in [6.45, 7) is 3.86. The second kappa shape index (κ2) is 7.84. The van der Waals surface area contributed by atoms with Crippen molar-refractivity contribution in [3.63, 3.8) is 0 Å². The first-order valence-electron chi connectivity index (χ1n) is 6.26. The maximum Gasteiger partial charge on any atom is 0.304 e. The number of carboxylic acid groups (broad SMARTS) is 1. The van der Waals surface area contributed by atoms with Crippen LogP contribution in [0.5, 0.6) is 0 Å². The second-order valence-corrected chi connectivity index (χ2v) is 5.65. The molecule has 5 heteroatoms. The van der Waals surface area contributed by atoms with E-state index in [4.69, 9.17) is 5.11 Å². The molecule has 1 aromatic rings. The number of hydrogen-bond acceptors (Lipinski definition) is 3. The van der Waals surface area contributed by atoms with Gasteiger partial charge in [-0.15, -0.1) is 11.8 Å². The lowest BCUT2D eigenvalue weighted by Crippen LogP contribution is -2.23. The average Bonchev–Trinajstić information content (AvgIpc) is 2.39. The molecule has 19 heavy (non-hydrogen) atoms. The summed E-state index contributed by atoms with van der Waals surface area (Å²) in [4.78, 5) is 22.3. The van der Waals surface area contributed by atoms with Crippen LogP contribution in [0.15, 0.2) is 24.3 Å². The molecule has 0 saturated carbocycles. The summed E-state index contributed by atoms with van der Waals surface area (Å²) in [5.74, 6) is -0.492. The van der Waals surface area contributed by atoms with E-state index in [-0.39, 0.29) is 17.6 Å². The molecule has 104 valence electrons. The third-order valence-electron chi connectivity index (χ3n) is 2.68. The molecule has 0 bridgehead atoms. The summed E-state index contributed by atoms with van der Waals surface area (Å²) < 4.78 is 0. The van der Waals surface area contributed by atoms with E-state index < -0.39 is 5.97 Å². The number of rotatable bonds is 7. The van der Waals surface area contributed by atoms with Crippen LogP contribution >= 0.6 is 11.8 Å². The number of nitrogens with one attached hydrogen (secondary N) is 1. The Hall–Kier alpha value is -1.49. The second-order valence-electron chi connectivity index (χ2n) is 4.20. The third-order valence-corrected chi connectivity index (χ3v) is 3.84. The molecule has 0 spiro atoms. The molecule has 0 heterocycles. The van der Waals surface area contributed by atoms with Crippen molar-refractivity contribution in [1.82, 2.24) is 0 Å². The first-order chi connectivity index (χ1) is 9.02. The minimum absolute atomic E-state index is 0.0769. The van der Waals surface area contributed by atoms with Crippen molar-refractivity contribution >= 4 is 29.3 Å². The number of carboxylic acids is 1. The molecule has 0 aliphatic heterocycles. The Balaban J connectivity index is 2.42. The van der Waals surface area contributed by atoms with E-state index >= 15 is 0 Å². The van der Waals surface area contributed by atoms with Crippen LogP contribution in [0.3, 0.4) is 0 Å². The van der Waals surface area contributed by atoms with Gasteiger partial charge in [0.25, 0.3) is 0 Å². The minimum Gasteiger partial charge on any atom is -0.481 e. The van der Waals surface area contributed by atoms with Gasteiger partial charge in [-0.05, 0) is 31.0 Å². The fraction of sp³-hybridized carbons (Fsp3) is 0.429. The van der Waals surface area contributed by atoms with Crippen molar-refractivity contribution in [1.29, 1.82) is 0 Å². The lowest BCUT2D eigenvalue weighted by atomic mass is 10.1. The molecule has 1 amide bonds. The van der Waals surface area contributed by atoms with E-state index in [1.165, 1.54) is 17.3 Å². The lowest BCUT2D eigenvalue weighted by molar-refractivity contribution is -0.136. The standard InChI is InChI=1S/C14H19NO3S/c1-3-11-4-6-12(7-5-11)15-14(18)10(2)19-9-8-13(16)17/h4-7,10H,3,8-9H2,1-2H3,(H,15,18)(H,16,17). The topological polar surface area (TPSA) is 66.4 Å². The zero-order valence-electron chi connectivity index (χ0n) is 11.2. The number of aliphatic carboxylic acids is 1. The van der Waals surface area contributed by atoms with Crippen LogP contribution in [-0.2, 0) is 16.0 Å².